The van der Waals surface area contributed by atoms with E-state index in [1.165, 1.54) is 0 Å². The Morgan fingerprint density at radius 2 is 2.00 bits per heavy atom. The van der Waals surface area contributed by atoms with Gasteiger partial charge in [0.15, 0.2) is 0 Å². The predicted molar refractivity (Wildman–Crippen MR) is 60.7 cm³/mol. The van der Waals surface area contributed by atoms with E-state index in [0.717, 1.165) is 44.9 Å². The Kier molecular flexibility index (Phi) is 5.09. The molecule has 1 fully saturated rings. The van der Waals surface area contributed by atoms with Crippen LogP contribution in [0.3, 0.4) is 0 Å². The van der Waals surface area contributed by atoms with Gasteiger partial charge >= 0.3 is 0 Å². The van der Waals surface area contributed by atoms with Crippen LogP contribution in [-0.4, -0.2) is 36.6 Å². The highest BCUT2D eigenvalue weighted by Gasteiger charge is 2.20. The van der Waals surface area contributed by atoms with Crippen LogP contribution >= 0.6 is 0 Å². The van der Waals surface area contributed by atoms with Crippen LogP contribution in [0.15, 0.2) is 0 Å². The summed E-state index contributed by atoms with van der Waals surface area (Å²) in [5, 5.41) is 0. The number of likely N-dealkylation sites (tertiary alicyclic amines) is 1. The number of ether oxygens (including phenoxy) is 1. The molecule has 0 aliphatic carbocycles. The van der Waals surface area contributed by atoms with Crippen LogP contribution < -0.4 is 0 Å². The van der Waals surface area contributed by atoms with Crippen LogP contribution in [0.4, 0.5) is 0 Å². The third-order valence-electron chi connectivity index (χ3n) is 3.04. The Balaban J connectivity index is 2.12. The van der Waals surface area contributed by atoms with E-state index in [2.05, 4.69) is 13.8 Å². The quantitative estimate of drug-likeness (QED) is 0.715. The van der Waals surface area contributed by atoms with Crippen molar-refractivity contribution in [2.24, 2.45) is 5.92 Å². The highest BCUT2D eigenvalue weighted by molar-refractivity contribution is 5.73. The minimum atomic E-state index is 0.215. The monoisotopic (exact) mass is 213 g/mol. The van der Waals surface area contributed by atoms with E-state index in [1.807, 2.05) is 4.90 Å². The fraction of sp³-hybridized carbons (Fsp3) is 0.917. The zero-order valence-electron chi connectivity index (χ0n) is 10.2. The van der Waals surface area contributed by atoms with Crippen molar-refractivity contribution in [1.29, 1.82) is 0 Å². The minimum absolute atomic E-state index is 0.215. The molecule has 0 saturated carbocycles. The van der Waals surface area contributed by atoms with E-state index in [0.29, 0.717) is 6.10 Å². The van der Waals surface area contributed by atoms with Crippen molar-refractivity contribution < 1.29 is 9.53 Å². The summed E-state index contributed by atoms with van der Waals surface area (Å²) in [6.07, 6.45) is 3.76. The van der Waals surface area contributed by atoms with Gasteiger partial charge in [0.1, 0.15) is 0 Å². The average molecular weight is 213 g/mol. The van der Waals surface area contributed by atoms with Gasteiger partial charge in [-0.05, 0) is 39.0 Å². The number of carbonyl (C=O) groups excluding carboxylic acids is 1. The van der Waals surface area contributed by atoms with Gasteiger partial charge in [0.2, 0.25) is 5.91 Å². The molecular formula is C12H23NO2. The lowest BCUT2D eigenvalue weighted by Crippen LogP contribution is -2.37. The van der Waals surface area contributed by atoms with Crippen molar-refractivity contribution in [1.82, 2.24) is 4.90 Å². The molecule has 88 valence electrons. The summed E-state index contributed by atoms with van der Waals surface area (Å²) in [5.74, 6) is 0.964. The van der Waals surface area contributed by atoms with Crippen LogP contribution in [0.1, 0.15) is 40.0 Å². The molecule has 0 aromatic rings. The Hall–Kier alpha value is -0.570. The summed E-state index contributed by atoms with van der Waals surface area (Å²) in [6.45, 7) is 8.52. The standard InChI is InChI=1S/C12H23NO2/c1-10(2)15-9-6-12-4-7-13(8-5-12)11(3)14/h10,12H,4-9H2,1-3H3. The molecule has 1 rings (SSSR count). The van der Waals surface area contributed by atoms with Gasteiger partial charge in [-0.3, -0.25) is 4.79 Å². The second-order valence-corrected chi connectivity index (χ2v) is 4.66. The van der Waals surface area contributed by atoms with Crippen LogP contribution in [0.5, 0.6) is 0 Å². The van der Waals surface area contributed by atoms with Gasteiger partial charge in [-0.2, -0.15) is 0 Å². The number of amides is 1. The number of carbonyl (C=O) groups is 1. The third kappa shape index (κ3) is 4.65. The first-order chi connectivity index (χ1) is 7.09. The number of rotatable bonds is 4. The summed E-state index contributed by atoms with van der Waals surface area (Å²) in [4.78, 5) is 13.1. The molecule has 3 heteroatoms. The van der Waals surface area contributed by atoms with Crippen molar-refractivity contribution in [3.63, 3.8) is 0 Å². The number of piperidine rings is 1. The second kappa shape index (κ2) is 6.11. The molecule has 1 amide bonds. The summed E-state index contributed by atoms with van der Waals surface area (Å²) in [7, 11) is 0. The SMILES string of the molecule is CC(=O)N1CCC(CCOC(C)C)CC1. The Morgan fingerprint density at radius 3 is 2.47 bits per heavy atom. The molecule has 1 heterocycles. The maximum atomic E-state index is 11.1. The minimum Gasteiger partial charge on any atom is -0.379 e. The molecule has 3 nitrogen and oxygen atoms in total. The molecule has 1 aliphatic rings. The summed E-state index contributed by atoms with van der Waals surface area (Å²) in [6, 6.07) is 0. The smallest absolute Gasteiger partial charge is 0.219 e. The Labute approximate surface area is 92.8 Å². The van der Waals surface area contributed by atoms with Crippen LogP contribution in [0.2, 0.25) is 0 Å². The Morgan fingerprint density at radius 1 is 1.40 bits per heavy atom. The van der Waals surface area contributed by atoms with Gasteiger partial charge in [0.05, 0.1) is 6.10 Å². The molecule has 0 spiro atoms. The van der Waals surface area contributed by atoms with Crippen LogP contribution in [-0.2, 0) is 9.53 Å². The first-order valence-electron chi connectivity index (χ1n) is 5.96. The molecule has 0 aromatic carbocycles. The van der Waals surface area contributed by atoms with E-state index in [1.54, 1.807) is 6.92 Å². The van der Waals surface area contributed by atoms with E-state index >= 15 is 0 Å². The zero-order valence-corrected chi connectivity index (χ0v) is 10.2. The fourth-order valence-corrected chi connectivity index (χ4v) is 2.01. The predicted octanol–water partition coefficient (Wildman–Crippen LogP) is 2.06. The summed E-state index contributed by atoms with van der Waals surface area (Å²) in [5.41, 5.74) is 0. The largest absolute Gasteiger partial charge is 0.379 e. The number of hydrogen-bond acceptors (Lipinski definition) is 2. The van der Waals surface area contributed by atoms with Crippen molar-refractivity contribution in [3.8, 4) is 0 Å². The maximum absolute atomic E-state index is 11.1. The lowest BCUT2D eigenvalue weighted by molar-refractivity contribution is -0.130. The highest BCUT2D eigenvalue weighted by Crippen LogP contribution is 2.20. The Bertz CT molecular complexity index is 196. The molecule has 1 saturated heterocycles. The van der Waals surface area contributed by atoms with Crippen molar-refractivity contribution in [2.45, 2.75) is 46.1 Å². The lowest BCUT2D eigenvalue weighted by Gasteiger charge is -2.31. The van der Waals surface area contributed by atoms with Gasteiger partial charge in [0.25, 0.3) is 0 Å². The number of hydrogen-bond donors (Lipinski definition) is 0. The van der Waals surface area contributed by atoms with E-state index < -0.39 is 0 Å². The van der Waals surface area contributed by atoms with E-state index in [4.69, 9.17) is 4.74 Å². The van der Waals surface area contributed by atoms with Crippen molar-refractivity contribution in [3.05, 3.63) is 0 Å². The maximum Gasteiger partial charge on any atom is 0.219 e. The van der Waals surface area contributed by atoms with Crippen LogP contribution in [0, 0.1) is 5.92 Å². The zero-order chi connectivity index (χ0) is 11.3. The van der Waals surface area contributed by atoms with Crippen molar-refractivity contribution in [2.75, 3.05) is 19.7 Å². The van der Waals surface area contributed by atoms with Gasteiger partial charge in [0, 0.05) is 26.6 Å². The van der Waals surface area contributed by atoms with Gasteiger partial charge in [-0.25, -0.2) is 0 Å². The summed E-state index contributed by atoms with van der Waals surface area (Å²) < 4.78 is 5.54. The molecule has 0 atom stereocenters. The van der Waals surface area contributed by atoms with Gasteiger partial charge in [-0.1, -0.05) is 0 Å². The molecule has 0 radical (unpaired) electrons. The molecule has 0 bridgehead atoms. The lowest BCUT2D eigenvalue weighted by atomic mass is 9.94. The molecule has 0 unspecified atom stereocenters. The molecule has 15 heavy (non-hydrogen) atoms. The first kappa shape index (κ1) is 12.5. The highest BCUT2D eigenvalue weighted by atomic mass is 16.5. The normalized spacial score (nSPS) is 18.5. The molecule has 1 aliphatic heterocycles. The van der Waals surface area contributed by atoms with E-state index in [9.17, 15) is 4.79 Å². The molecule has 0 aromatic heterocycles. The summed E-state index contributed by atoms with van der Waals surface area (Å²) >= 11 is 0. The average Bonchev–Trinajstić information content (AvgIpc) is 2.18. The molecular weight excluding hydrogens is 190 g/mol. The first-order valence-corrected chi connectivity index (χ1v) is 5.96. The number of nitrogens with zero attached hydrogens (tertiary/aromatic N) is 1. The van der Waals surface area contributed by atoms with Crippen molar-refractivity contribution >= 4 is 5.91 Å². The van der Waals surface area contributed by atoms with E-state index in [-0.39, 0.29) is 5.91 Å². The van der Waals surface area contributed by atoms with Crippen LogP contribution in [0.25, 0.3) is 0 Å². The van der Waals surface area contributed by atoms with Gasteiger partial charge < -0.3 is 9.64 Å². The second-order valence-electron chi connectivity index (χ2n) is 4.66. The fourth-order valence-electron chi connectivity index (χ4n) is 2.01. The molecule has 0 N–H and O–H groups in total. The third-order valence-corrected chi connectivity index (χ3v) is 3.04. The topological polar surface area (TPSA) is 29.5 Å². The van der Waals surface area contributed by atoms with Gasteiger partial charge in [-0.15, -0.1) is 0 Å².